The van der Waals surface area contributed by atoms with E-state index in [-0.39, 0.29) is 6.04 Å². The Morgan fingerprint density at radius 1 is 1.10 bits per heavy atom. The van der Waals surface area contributed by atoms with E-state index in [1.54, 1.807) is 0 Å². The topological polar surface area (TPSA) is 29.1 Å². The van der Waals surface area contributed by atoms with Gasteiger partial charge in [0.15, 0.2) is 0 Å². The van der Waals surface area contributed by atoms with Crippen LogP contribution in [0.1, 0.15) is 55.5 Å². The molecule has 3 heteroatoms. The summed E-state index contributed by atoms with van der Waals surface area (Å²) in [5.74, 6) is 1.98. The third kappa shape index (κ3) is 5.91. The minimum atomic E-state index is -0.769. The van der Waals surface area contributed by atoms with Gasteiger partial charge in [0.05, 0.1) is 0 Å². The van der Waals surface area contributed by atoms with Crippen molar-refractivity contribution in [2.45, 2.75) is 54.0 Å². The Balaban J connectivity index is 2.99. The summed E-state index contributed by atoms with van der Waals surface area (Å²) in [7, 11) is -0.769. The second-order valence-electron chi connectivity index (χ2n) is 6.49. The van der Waals surface area contributed by atoms with E-state index in [4.69, 9.17) is 0 Å². The molecule has 2 unspecified atom stereocenters. The zero-order valence-electron chi connectivity index (χ0n) is 14.5. The number of aryl methyl sites for hydroxylation is 3. The molecule has 0 radical (unpaired) electrons. The lowest BCUT2D eigenvalue weighted by molar-refractivity contribution is 0.563. The van der Waals surface area contributed by atoms with E-state index in [2.05, 4.69) is 59.0 Å². The molecule has 0 fully saturated rings. The van der Waals surface area contributed by atoms with Gasteiger partial charge in [-0.3, -0.25) is 4.21 Å². The van der Waals surface area contributed by atoms with Gasteiger partial charge in [0.2, 0.25) is 0 Å². The van der Waals surface area contributed by atoms with Crippen molar-refractivity contribution >= 4 is 10.8 Å². The second-order valence-corrected chi connectivity index (χ2v) is 8.03. The molecule has 0 saturated heterocycles. The smallest absolute Gasteiger partial charge is 0.0442 e. The summed E-state index contributed by atoms with van der Waals surface area (Å²) < 4.78 is 12.4. The molecule has 0 heterocycles. The van der Waals surface area contributed by atoms with Crippen molar-refractivity contribution in [2.24, 2.45) is 5.92 Å². The van der Waals surface area contributed by atoms with Crippen LogP contribution in [0.3, 0.4) is 0 Å². The van der Waals surface area contributed by atoms with Crippen LogP contribution in [0, 0.1) is 26.7 Å². The summed E-state index contributed by atoms with van der Waals surface area (Å²) >= 11 is 0. The largest absolute Gasteiger partial charge is 0.309 e. The number of benzene rings is 1. The third-order valence-corrected chi connectivity index (χ3v) is 5.34. The molecule has 120 valence electrons. The predicted molar refractivity (Wildman–Crippen MR) is 94.4 cm³/mol. The quantitative estimate of drug-likeness (QED) is 0.784. The molecule has 0 amide bonds. The molecule has 2 atom stereocenters. The summed E-state index contributed by atoms with van der Waals surface area (Å²) in [6, 6.07) is 4.66. The molecule has 0 aliphatic carbocycles. The van der Waals surface area contributed by atoms with Gasteiger partial charge < -0.3 is 5.32 Å². The van der Waals surface area contributed by atoms with Crippen molar-refractivity contribution in [3.63, 3.8) is 0 Å². The van der Waals surface area contributed by atoms with Gasteiger partial charge in [-0.15, -0.1) is 0 Å². The maximum atomic E-state index is 12.4. The first-order valence-corrected chi connectivity index (χ1v) is 9.50. The molecule has 1 aromatic carbocycles. The standard InChI is InChI=1S/C18H31NOS/c1-7-8-19-17(12-21(20)11-13(2)3)18-15(5)9-14(4)10-16(18)6/h9-10,13,17,19H,7-8,11-12H2,1-6H3. The van der Waals surface area contributed by atoms with Gasteiger partial charge in [-0.2, -0.15) is 0 Å². The van der Waals surface area contributed by atoms with Gasteiger partial charge in [-0.25, -0.2) is 0 Å². The SMILES string of the molecule is CCCNC(CS(=O)CC(C)C)c1c(C)cc(C)cc1C. The van der Waals surface area contributed by atoms with Crippen LogP contribution in [-0.4, -0.2) is 22.3 Å². The number of nitrogens with one attached hydrogen (secondary N) is 1. The van der Waals surface area contributed by atoms with E-state index in [1.807, 2.05) is 0 Å². The molecule has 0 spiro atoms. The summed E-state index contributed by atoms with van der Waals surface area (Å²) in [5.41, 5.74) is 5.25. The lowest BCUT2D eigenvalue weighted by Gasteiger charge is -2.23. The second kappa shape index (κ2) is 8.70. The minimum absolute atomic E-state index is 0.199. The van der Waals surface area contributed by atoms with Crippen molar-refractivity contribution in [3.8, 4) is 0 Å². The number of hydrogen-bond acceptors (Lipinski definition) is 2. The fourth-order valence-corrected chi connectivity index (χ4v) is 4.47. The Labute approximate surface area is 133 Å². The van der Waals surface area contributed by atoms with Crippen LogP contribution in [0.25, 0.3) is 0 Å². The summed E-state index contributed by atoms with van der Waals surface area (Å²) in [4.78, 5) is 0. The van der Waals surface area contributed by atoms with Crippen LogP contribution in [0.2, 0.25) is 0 Å². The van der Waals surface area contributed by atoms with Crippen molar-refractivity contribution in [2.75, 3.05) is 18.1 Å². The average Bonchev–Trinajstić information content (AvgIpc) is 2.33. The van der Waals surface area contributed by atoms with Crippen molar-refractivity contribution in [1.82, 2.24) is 5.32 Å². The zero-order chi connectivity index (χ0) is 16.0. The molecule has 0 bridgehead atoms. The normalized spacial score (nSPS) is 14.4. The van der Waals surface area contributed by atoms with E-state index in [1.165, 1.54) is 22.3 Å². The molecule has 1 aromatic rings. The first-order valence-electron chi connectivity index (χ1n) is 8.01. The highest BCUT2D eigenvalue weighted by atomic mass is 32.2. The van der Waals surface area contributed by atoms with Gasteiger partial charge in [-0.05, 0) is 56.3 Å². The molecular weight excluding hydrogens is 278 g/mol. The first kappa shape index (κ1) is 18.4. The van der Waals surface area contributed by atoms with Crippen LogP contribution in [0.5, 0.6) is 0 Å². The fraction of sp³-hybridized carbons (Fsp3) is 0.667. The molecule has 0 aliphatic rings. The number of rotatable bonds is 8. The zero-order valence-corrected chi connectivity index (χ0v) is 15.3. The van der Waals surface area contributed by atoms with Crippen molar-refractivity contribution in [3.05, 3.63) is 34.4 Å². The summed E-state index contributed by atoms with van der Waals surface area (Å²) in [6.07, 6.45) is 1.09. The predicted octanol–water partition coefficient (Wildman–Crippen LogP) is 4.06. The van der Waals surface area contributed by atoms with Gasteiger partial charge in [0.25, 0.3) is 0 Å². The van der Waals surface area contributed by atoms with E-state index in [0.29, 0.717) is 11.7 Å². The van der Waals surface area contributed by atoms with Gasteiger partial charge in [-0.1, -0.05) is 38.5 Å². The summed E-state index contributed by atoms with van der Waals surface area (Å²) in [5, 5.41) is 3.60. The van der Waals surface area contributed by atoms with Crippen molar-refractivity contribution in [1.29, 1.82) is 0 Å². The lowest BCUT2D eigenvalue weighted by Crippen LogP contribution is -2.29. The van der Waals surface area contributed by atoms with Gasteiger partial charge in [0.1, 0.15) is 0 Å². The molecule has 0 saturated carbocycles. The fourth-order valence-electron chi connectivity index (χ4n) is 2.93. The van der Waals surface area contributed by atoms with E-state index < -0.39 is 10.8 Å². The molecule has 1 rings (SSSR count). The highest BCUT2D eigenvalue weighted by Gasteiger charge is 2.19. The highest BCUT2D eigenvalue weighted by Crippen LogP contribution is 2.25. The maximum absolute atomic E-state index is 12.4. The van der Waals surface area contributed by atoms with Crippen LogP contribution in [0.4, 0.5) is 0 Å². The molecular formula is C18H31NOS. The minimum Gasteiger partial charge on any atom is -0.309 e. The van der Waals surface area contributed by atoms with Gasteiger partial charge in [0, 0.05) is 28.3 Å². The maximum Gasteiger partial charge on any atom is 0.0442 e. The Morgan fingerprint density at radius 2 is 1.67 bits per heavy atom. The Kier molecular flexibility index (Phi) is 7.61. The molecule has 21 heavy (non-hydrogen) atoms. The van der Waals surface area contributed by atoms with Crippen LogP contribution in [0.15, 0.2) is 12.1 Å². The Bertz CT molecular complexity index is 459. The monoisotopic (exact) mass is 309 g/mol. The van der Waals surface area contributed by atoms with E-state index in [9.17, 15) is 4.21 Å². The average molecular weight is 310 g/mol. The molecule has 2 nitrogen and oxygen atoms in total. The molecule has 0 aliphatic heterocycles. The van der Waals surface area contributed by atoms with Crippen molar-refractivity contribution < 1.29 is 4.21 Å². The van der Waals surface area contributed by atoms with Crippen LogP contribution in [-0.2, 0) is 10.8 Å². The van der Waals surface area contributed by atoms with Gasteiger partial charge >= 0.3 is 0 Å². The lowest BCUT2D eigenvalue weighted by atomic mass is 9.95. The number of hydrogen-bond donors (Lipinski definition) is 1. The summed E-state index contributed by atoms with van der Waals surface area (Å²) in [6.45, 7) is 13.9. The Morgan fingerprint density at radius 3 is 2.14 bits per heavy atom. The van der Waals surface area contributed by atoms with Crippen LogP contribution >= 0.6 is 0 Å². The highest BCUT2D eigenvalue weighted by molar-refractivity contribution is 7.85. The first-order chi connectivity index (χ1) is 9.85. The van der Waals surface area contributed by atoms with E-state index >= 15 is 0 Å². The molecule has 0 aromatic heterocycles. The third-order valence-electron chi connectivity index (χ3n) is 3.60. The van der Waals surface area contributed by atoms with E-state index in [0.717, 1.165) is 18.7 Å². The molecule has 1 N–H and O–H groups in total. The Hall–Kier alpha value is -0.670. The van der Waals surface area contributed by atoms with Crippen LogP contribution < -0.4 is 5.32 Å².